The number of hydrogen-bond acceptors (Lipinski definition) is 2. The minimum atomic E-state index is 0.834. The van der Waals surface area contributed by atoms with Gasteiger partial charge in [-0.1, -0.05) is 32.8 Å². The van der Waals surface area contributed by atoms with Gasteiger partial charge in [0.25, 0.3) is 0 Å². The average molecular weight is 220 g/mol. The van der Waals surface area contributed by atoms with Crippen LogP contribution in [0.3, 0.4) is 0 Å². The van der Waals surface area contributed by atoms with E-state index in [-0.39, 0.29) is 0 Å². The van der Waals surface area contributed by atoms with Gasteiger partial charge in [0.1, 0.15) is 0 Å². The quantitative estimate of drug-likeness (QED) is 0.713. The Labute approximate surface area is 99.5 Å². The summed E-state index contributed by atoms with van der Waals surface area (Å²) in [5, 5.41) is 3.48. The lowest BCUT2D eigenvalue weighted by Crippen LogP contribution is -2.15. The maximum atomic E-state index is 4.28. The van der Waals surface area contributed by atoms with Gasteiger partial charge in [0.15, 0.2) is 0 Å². The fraction of sp³-hybridized carbons (Fsp3) is 0.643. The van der Waals surface area contributed by atoms with Crippen LogP contribution in [-0.4, -0.2) is 11.5 Å². The van der Waals surface area contributed by atoms with Gasteiger partial charge in [-0.25, -0.2) is 0 Å². The van der Waals surface area contributed by atoms with Gasteiger partial charge < -0.3 is 5.32 Å². The topological polar surface area (TPSA) is 24.9 Å². The molecule has 0 saturated carbocycles. The molecule has 1 aromatic rings. The lowest BCUT2D eigenvalue weighted by atomic mass is 10.1. The number of pyridine rings is 1. The van der Waals surface area contributed by atoms with Crippen LogP contribution in [0.2, 0.25) is 0 Å². The van der Waals surface area contributed by atoms with E-state index in [4.69, 9.17) is 0 Å². The summed E-state index contributed by atoms with van der Waals surface area (Å²) >= 11 is 0. The molecule has 0 aliphatic rings. The van der Waals surface area contributed by atoms with Crippen molar-refractivity contribution < 1.29 is 0 Å². The van der Waals surface area contributed by atoms with Crippen LogP contribution < -0.4 is 5.32 Å². The molecule has 1 heterocycles. The SMILES string of the molecule is Cc1ncccc1CNCCCCC(C)C. The number of nitrogens with one attached hydrogen (secondary N) is 1. The van der Waals surface area contributed by atoms with Crippen molar-refractivity contribution in [1.29, 1.82) is 0 Å². The van der Waals surface area contributed by atoms with E-state index in [9.17, 15) is 0 Å². The number of unbranched alkanes of at least 4 members (excludes halogenated alkanes) is 1. The maximum Gasteiger partial charge on any atom is 0.0417 e. The van der Waals surface area contributed by atoms with E-state index in [1.807, 2.05) is 12.3 Å². The third-order valence-corrected chi connectivity index (χ3v) is 2.82. The van der Waals surface area contributed by atoms with Crippen LogP contribution in [0.15, 0.2) is 18.3 Å². The molecule has 1 N–H and O–H groups in total. The molecule has 0 amide bonds. The van der Waals surface area contributed by atoms with Gasteiger partial charge in [-0.2, -0.15) is 0 Å². The van der Waals surface area contributed by atoms with Gasteiger partial charge in [0.2, 0.25) is 0 Å². The summed E-state index contributed by atoms with van der Waals surface area (Å²) in [6, 6.07) is 4.15. The van der Waals surface area contributed by atoms with Crippen LogP contribution in [0.25, 0.3) is 0 Å². The van der Waals surface area contributed by atoms with E-state index in [0.717, 1.165) is 24.7 Å². The van der Waals surface area contributed by atoms with Crippen molar-refractivity contribution in [2.75, 3.05) is 6.54 Å². The fourth-order valence-electron chi connectivity index (χ4n) is 1.73. The van der Waals surface area contributed by atoms with Crippen LogP contribution in [0.4, 0.5) is 0 Å². The Bertz CT molecular complexity index is 295. The Hall–Kier alpha value is -0.890. The van der Waals surface area contributed by atoms with E-state index < -0.39 is 0 Å². The molecule has 90 valence electrons. The van der Waals surface area contributed by atoms with Gasteiger partial charge in [-0.15, -0.1) is 0 Å². The monoisotopic (exact) mass is 220 g/mol. The molecule has 0 unspecified atom stereocenters. The molecule has 0 atom stereocenters. The standard InChI is InChI=1S/C14H24N2/c1-12(2)7-4-5-9-15-11-14-8-6-10-16-13(14)3/h6,8,10,12,15H,4-5,7,9,11H2,1-3H3. The minimum Gasteiger partial charge on any atom is -0.313 e. The summed E-state index contributed by atoms with van der Waals surface area (Å²) in [5.74, 6) is 0.834. The predicted octanol–water partition coefficient (Wildman–Crippen LogP) is 3.31. The molecule has 2 nitrogen and oxygen atoms in total. The highest BCUT2D eigenvalue weighted by Crippen LogP contribution is 2.06. The molecule has 0 spiro atoms. The zero-order valence-corrected chi connectivity index (χ0v) is 10.8. The Kier molecular flexibility index (Phi) is 6.09. The van der Waals surface area contributed by atoms with E-state index in [1.54, 1.807) is 0 Å². The number of rotatable bonds is 7. The number of nitrogens with zero attached hydrogens (tertiary/aromatic N) is 1. The zero-order valence-electron chi connectivity index (χ0n) is 10.8. The van der Waals surface area contributed by atoms with Gasteiger partial charge in [-0.05, 0) is 37.4 Å². The molecule has 0 aromatic carbocycles. The minimum absolute atomic E-state index is 0.834. The lowest BCUT2D eigenvalue weighted by Gasteiger charge is -2.07. The predicted molar refractivity (Wildman–Crippen MR) is 69.4 cm³/mol. The van der Waals surface area contributed by atoms with Crippen molar-refractivity contribution in [2.45, 2.75) is 46.6 Å². The molecule has 0 aliphatic carbocycles. The Morgan fingerprint density at radius 3 is 2.81 bits per heavy atom. The first-order chi connectivity index (χ1) is 7.70. The van der Waals surface area contributed by atoms with Gasteiger partial charge >= 0.3 is 0 Å². The second-order valence-electron chi connectivity index (χ2n) is 4.81. The van der Waals surface area contributed by atoms with Crippen LogP contribution in [-0.2, 0) is 6.54 Å². The average Bonchev–Trinajstić information content (AvgIpc) is 2.25. The Balaban J connectivity index is 2.10. The largest absolute Gasteiger partial charge is 0.313 e. The van der Waals surface area contributed by atoms with Crippen molar-refractivity contribution in [3.8, 4) is 0 Å². The summed E-state index contributed by atoms with van der Waals surface area (Å²) in [6.07, 6.45) is 5.79. The van der Waals surface area contributed by atoms with Crippen molar-refractivity contribution >= 4 is 0 Å². The van der Waals surface area contributed by atoms with Crippen LogP contribution >= 0.6 is 0 Å². The third kappa shape index (κ3) is 5.26. The van der Waals surface area contributed by atoms with Crippen LogP contribution in [0.5, 0.6) is 0 Å². The molecule has 0 bridgehead atoms. The maximum absolute atomic E-state index is 4.28. The molecular formula is C14H24N2. The number of hydrogen-bond donors (Lipinski definition) is 1. The van der Waals surface area contributed by atoms with Crippen LogP contribution in [0.1, 0.15) is 44.4 Å². The molecule has 1 rings (SSSR count). The van der Waals surface area contributed by atoms with E-state index in [2.05, 4.69) is 37.1 Å². The van der Waals surface area contributed by atoms with Crippen molar-refractivity contribution in [2.24, 2.45) is 5.92 Å². The smallest absolute Gasteiger partial charge is 0.0417 e. The highest BCUT2D eigenvalue weighted by atomic mass is 14.8. The highest BCUT2D eigenvalue weighted by Gasteiger charge is 1.97. The lowest BCUT2D eigenvalue weighted by molar-refractivity contribution is 0.520. The molecule has 16 heavy (non-hydrogen) atoms. The second-order valence-corrected chi connectivity index (χ2v) is 4.81. The normalized spacial score (nSPS) is 11.0. The summed E-state index contributed by atoms with van der Waals surface area (Å²) in [6.45, 7) is 8.69. The Morgan fingerprint density at radius 2 is 2.12 bits per heavy atom. The number of aryl methyl sites for hydroxylation is 1. The van der Waals surface area contributed by atoms with Gasteiger partial charge in [-0.3, -0.25) is 4.98 Å². The summed E-state index contributed by atoms with van der Waals surface area (Å²) < 4.78 is 0. The first kappa shape index (κ1) is 13.2. The molecule has 0 aliphatic heterocycles. The summed E-state index contributed by atoms with van der Waals surface area (Å²) in [4.78, 5) is 4.28. The van der Waals surface area contributed by atoms with Crippen LogP contribution in [0, 0.1) is 12.8 Å². The second kappa shape index (κ2) is 7.39. The summed E-state index contributed by atoms with van der Waals surface area (Å²) in [5.41, 5.74) is 2.45. The highest BCUT2D eigenvalue weighted by molar-refractivity contribution is 5.17. The first-order valence-electron chi connectivity index (χ1n) is 6.31. The van der Waals surface area contributed by atoms with Crippen molar-refractivity contribution in [3.63, 3.8) is 0 Å². The molecule has 2 heteroatoms. The van der Waals surface area contributed by atoms with Crippen molar-refractivity contribution in [3.05, 3.63) is 29.6 Å². The summed E-state index contributed by atoms with van der Waals surface area (Å²) in [7, 11) is 0. The first-order valence-corrected chi connectivity index (χ1v) is 6.31. The molecule has 0 fully saturated rings. The molecular weight excluding hydrogens is 196 g/mol. The van der Waals surface area contributed by atoms with E-state index >= 15 is 0 Å². The number of aromatic nitrogens is 1. The van der Waals surface area contributed by atoms with E-state index in [1.165, 1.54) is 24.8 Å². The Morgan fingerprint density at radius 1 is 1.31 bits per heavy atom. The fourth-order valence-corrected chi connectivity index (χ4v) is 1.73. The molecule has 0 saturated heterocycles. The van der Waals surface area contributed by atoms with Crippen molar-refractivity contribution in [1.82, 2.24) is 10.3 Å². The third-order valence-electron chi connectivity index (χ3n) is 2.82. The molecule has 1 aromatic heterocycles. The zero-order chi connectivity index (χ0) is 11.8. The van der Waals surface area contributed by atoms with E-state index in [0.29, 0.717) is 0 Å². The van der Waals surface area contributed by atoms with Gasteiger partial charge in [0, 0.05) is 18.4 Å². The van der Waals surface area contributed by atoms with Gasteiger partial charge in [0.05, 0.1) is 0 Å². The molecule has 0 radical (unpaired) electrons.